The average Bonchev–Trinajstić information content (AvgIpc) is 2.57. The summed E-state index contributed by atoms with van der Waals surface area (Å²) in [4.78, 5) is 17.4. The lowest BCUT2D eigenvalue weighted by Crippen LogP contribution is -2.42. The molecule has 0 aromatic carbocycles. The van der Waals surface area contributed by atoms with Gasteiger partial charge in [-0.05, 0) is 26.2 Å². The van der Waals surface area contributed by atoms with Crippen molar-refractivity contribution in [2.24, 2.45) is 11.7 Å². The second-order valence-corrected chi connectivity index (χ2v) is 6.31. The van der Waals surface area contributed by atoms with Gasteiger partial charge in [0.05, 0.1) is 16.7 Å². The first-order valence-corrected chi connectivity index (χ1v) is 7.18. The molecule has 0 aliphatic rings. The molecule has 0 spiro atoms. The first-order chi connectivity index (χ1) is 8.40. The molecule has 0 aliphatic carbocycles. The lowest BCUT2D eigenvalue weighted by Gasteiger charge is -2.13. The fourth-order valence-corrected chi connectivity index (χ4v) is 2.62. The SMILES string of the molecule is Cc1nc(CCNC(=O)[C@@H](N)CC(C)C)sc1C. The minimum Gasteiger partial charge on any atom is -0.354 e. The molecule has 0 fully saturated rings. The van der Waals surface area contributed by atoms with Crippen LogP contribution in [0.15, 0.2) is 0 Å². The number of amides is 1. The fraction of sp³-hybridized carbons (Fsp3) is 0.692. The number of carbonyl (C=O) groups excluding carboxylic acids is 1. The predicted octanol–water partition coefficient (Wildman–Crippen LogP) is 1.79. The molecule has 4 nitrogen and oxygen atoms in total. The van der Waals surface area contributed by atoms with Gasteiger partial charge in [0.15, 0.2) is 0 Å². The van der Waals surface area contributed by atoms with Crippen molar-refractivity contribution in [3.05, 3.63) is 15.6 Å². The largest absolute Gasteiger partial charge is 0.354 e. The molecule has 1 atom stereocenters. The van der Waals surface area contributed by atoms with Crippen molar-refractivity contribution in [2.75, 3.05) is 6.54 Å². The van der Waals surface area contributed by atoms with Crippen LogP contribution < -0.4 is 11.1 Å². The van der Waals surface area contributed by atoms with E-state index in [9.17, 15) is 4.79 Å². The van der Waals surface area contributed by atoms with Crippen molar-refractivity contribution in [1.82, 2.24) is 10.3 Å². The number of hydrogen-bond acceptors (Lipinski definition) is 4. The van der Waals surface area contributed by atoms with E-state index in [2.05, 4.69) is 31.1 Å². The molecule has 1 aromatic rings. The maximum absolute atomic E-state index is 11.7. The van der Waals surface area contributed by atoms with E-state index in [4.69, 9.17) is 5.73 Å². The van der Waals surface area contributed by atoms with E-state index in [1.54, 1.807) is 11.3 Å². The quantitative estimate of drug-likeness (QED) is 0.827. The van der Waals surface area contributed by atoms with E-state index in [0.29, 0.717) is 12.5 Å². The van der Waals surface area contributed by atoms with Crippen LogP contribution in [-0.2, 0) is 11.2 Å². The van der Waals surface area contributed by atoms with Crippen LogP contribution >= 0.6 is 11.3 Å². The summed E-state index contributed by atoms with van der Waals surface area (Å²) in [5, 5.41) is 3.94. The summed E-state index contributed by atoms with van der Waals surface area (Å²) in [7, 11) is 0. The first kappa shape index (κ1) is 15.1. The van der Waals surface area contributed by atoms with E-state index in [1.807, 2.05) is 6.92 Å². The van der Waals surface area contributed by atoms with Crippen molar-refractivity contribution in [2.45, 2.75) is 46.6 Å². The van der Waals surface area contributed by atoms with Crippen LogP contribution in [0, 0.1) is 19.8 Å². The molecule has 0 aliphatic heterocycles. The minimum atomic E-state index is -0.398. The van der Waals surface area contributed by atoms with E-state index in [-0.39, 0.29) is 5.91 Å². The highest BCUT2D eigenvalue weighted by Crippen LogP contribution is 2.16. The van der Waals surface area contributed by atoms with Crippen molar-refractivity contribution >= 4 is 17.2 Å². The Balaban J connectivity index is 2.31. The lowest BCUT2D eigenvalue weighted by molar-refractivity contribution is -0.122. The maximum Gasteiger partial charge on any atom is 0.236 e. The summed E-state index contributed by atoms with van der Waals surface area (Å²) < 4.78 is 0. The van der Waals surface area contributed by atoms with Crippen molar-refractivity contribution in [3.8, 4) is 0 Å². The Labute approximate surface area is 113 Å². The van der Waals surface area contributed by atoms with E-state index in [0.717, 1.165) is 23.5 Å². The Morgan fingerprint density at radius 1 is 1.44 bits per heavy atom. The average molecular weight is 269 g/mol. The second-order valence-electron chi connectivity index (χ2n) is 5.03. The molecule has 18 heavy (non-hydrogen) atoms. The van der Waals surface area contributed by atoms with Crippen LogP contribution in [0.2, 0.25) is 0 Å². The zero-order valence-corrected chi connectivity index (χ0v) is 12.4. The highest BCUT2D eigenvalue weighted by Gasteiger charge is 2.14. The van der Waals surface area contributed by atoms with Crippen LogP contribution in [0.1, 0.15) is 35.8 Å². The Hall–Kier alpha value is -0.940. The Bertz CT molecular complexity index is 381. The predicted molar refractivity (Wildman–Crippen MR) is 75.7 cm³/mol. The van der Waals surface area contributed by atoms with Gasteiger partial charge in [0.25, 0.3) is 0 Å². The molecule has 0 radical (unpaired) electrons. The van der Waals surface area contributed by atoms with Gasteiger partial charge in [0.2, 0.25) is 5.91 Å². The third kappa shape index (κ3) is 4.74. The van der Waals surface area contributed by atoms with Gasteiger partial charge in [-0.25, -0.2) is 4.98 Å². The van der Waals surface area contributed by atoms with Crippen molar-refractivity contribution < 1.29 is 4.79 Å². The van der Waals surface area contributed by atoms with Gasteiger partial charge in [-0.1, -0.05) is 13.8 Å². The second kappa shape index (κ2) is 6.85. The lowest BCUT2D eigenvalue weighted by atomic mass is 10.0. The molecule has 3 N–H and O–H groups in total. The molecule has 5 heteroatoms. The fourth-order valence-electron chi connectivity index (χ4n) is 1.68. The normalized spacial score (nSPS) is 12.8. The monoisotopic (exact) mass is 269 g/mol. The van der Waals surface area contributed by atoms with Crippen molar-refractivity contribution in [1.29, 1.82) is 0 Å². The van der Waals surface area contributed by atoms with E-state index in [1.165, 1.54) is 4.88 Å². The molecule has 1 amide bonds. The number of hydrogen-bond donors (Lipinski definition) is 2. The van der Waals surface area contributed by atoms with Crippen LogP contribution in [-0.4, -0.2) is 23.5 Å². The molecule has 0 unspecified atom stereocenters. The number of aryl methyl sites for hydroxylation is 2. The minimum absolute atomic E-state index is 0.0614. The zero-order chi connectivity index (χ0) is 13.7. The summed E-state index contributed by atoms with van der Waals surface area (Å²) in [6.45, 7) is 8.81. The van der Waals surface area contributed by atoms with Crippen LogP contribution in [0.25, 0.3) is 0 Å². The topological polar surface area (TPSA) is 68.0 Å². The molecule has 0 bridgehead atoms. The number of aromatic nitrogens is 1. The number of thiazole rings is 1. The number of rotatable bonds is 6. The van der Waals surface area contributed by atoms with Gasteiger partial charge in [-0.15, -0.1) is 11.3 Å². The van der Waals surface area contributed by atoms with Gasteiger partial charge < -0.3 is 11.1 Å². The standard InChI is InChI=1S/C13H23N3OS/c1-8(2)7-11(14)13(17)15-6-5-12-16-9(3)10(4)18-12/h8,11H,5-7,14H2,1-4H3,(H,15,17)/t11-/m0/s1. The van der Waals surface area contributed by atoms with Crippen LogP contribution in [0.5, 0.6) is 0 Å². The molecule has 1 aromatic heterocycles. The molecule has 0 saturated carbocycles. The third-order valence-corrected chi connectivity index (χ3v) is 3.91. The molecule has 1 rings (SSSR count). The van der Waals surface area contributed by atoms with Crippen molar-refractivity contribution in [3.63, 3.8) is 0 Å². The number of nitrogens with zero attached hydrogens (tertiary/aromatic N) is 1. The van der Waals surface area contributed by atoms with E-state index >= 15 is 0 Å². The van der Waals surface area contributed by atoms with E-state index < -0.39 is 6.04 Å². The van der Waals surface area contributed by atoms with Gasteiger partial charge in [0.1, 0.15) is 0 Å². The molecule has 0 saturated heterocycles. The highest BCUT2D eigenvalue weighted by molar-refractivity contribution is 7.11. The van der Waals surface area contributed by atoms with Gasteiger partial charge >= 0.3 is 0 Å². The summed E-state index contributed by atoms with van der Waals surface area (Å²) in [6.07, 6.45) is 1.50. The van der Waals surface area contributed by atoms with Crippen LogP contribution in [0.3, 0.4) is 0 Å². The number of carbonyl (C=O) groups is 1. The Morgan fingerprint density at radius 2 is 2.11 bits per heavy atom. The van der Waals surface area contributed by atoms with Gasteiger partial charge in [-0.3, -0.25) is 4.79 Å². The smallest absolute Gasteiger partial charge is 0.236 e. The molecule has 102 valence electrons. The first-order valence-electron chi connectivity index (χ1n) is 6.36. The maximum atomic E-state index is 11.7. The molecule has 1 heterocycles. The summed E-state index contributed by atoms with van der Waals surface area (Å²) in [5.74, 6) is 0.378. The summed E-state index contributed by atoms with van der Waals surface area (Å²) in [5.41, 5.74) is 6.88. The summed E-state index contributed by atoms with van der Waals surface area (Å²) >= 11 is 1.69. The number of nitrogens with one attached hydrogen (secondary N) is 1. The molecular weight excluding hydrogens is 246 g/mol. The van der Waals surface area contributed by atoms with Crippen LogP contribution in [0.4, 0.5) is 0 Å². The molecular formula is C13H23N3OS. The Morgan fingerprint density at radius 3 is 2.61 bits per heavy atom. The summed E-state index contributed by atoms with van der Waals surface area (Å²) in [6, 6.07) is -0.398. The van der Waals surface area contributed by atoms with Gasteiger partial charge in [-0.2, -0.15) is 0 Å². The highest BCUT2D eigenvalue weighted by atomic mass is 32.1. The van der Waals surface area contributed by atoms with Gasteiger partial charge in [0, 0.05) is 17.8 Å². The zero-order valence-electron chi connectivity index (χ0n) is 11.6. The third-order valence-electron chi connectivity index (χ3n) is 2.77. The Kier molecular flexibility index (Phi) is 5.75. The number of nitrogens with two attached hydrogens (primary N) is 1.